The number of ether oxygens (including phenoxy) is 2. The van der Waals surface area contributed by atoms with Crippen molar-refractivity contribution in [2.45, 2.75) is 22.9 Å². The van der Waals surface area contributed by atoms with Crippen LogP contribution in [0.2, 0.25) is 0 Å². The predicted molar refractivity (Wildman–Crippen MR) is 93.2 cm³/mol. The van der Waals surface area contributed by atoms with Gasteiger partial charge in [-0.3, -0.25) is 4.90 Å². The smallest absolute Gasteiger partial charge is 0.379 e. The third-order valence-electron chi connectivity index (χ3n) is 4.82. The molecule has 164 valence electrons. The molecule has 12 heteroatoms. The number of morpholine rings is 2. The van der Waals surface area contributed by atoms with E-state index >= 15 is 0 Å². The van der Waals surface area contributed by atoms with Crippen LogP contribution in [0.25, 0.3) is 0 Å². The van der Waals surface area contributed by atoms with Crippen molar-refractivity contribution in [3.8, 4) is 0 Å². The molecule has 0 radical (unpaired) electrons. The fourth-order valence-electron chi connectivity index (χ4n) is 3.36. The Hall–Kier alpha value is -1.21. The highest BCUT2D eigenvalue weighted by Crippen LogP contribution is 2.43. The Labute approximate surface area is 166 Å². The van der Waals surface area contributed by atoms with E-state index in [-0.39, 0.29) is 39.5 Å². The molecule has 2 heterocycles. The summed E-state index contributed by atoms with van der Waals surface area (Å²) in [5.74, 6) is 0. The molecule has 1 N–H and O–H groups in total. The Bertz CT molecular complexity index is 687. The molecule has 0 aliphatic carbocycles. The molecule has 2 aliphatic rings. The molecule has 0 saturated carbocycles. The highest BCUT2D eigenvalue weighted by Gasteiger charge is 2.79. The second-order valence-corrected chi connectivity index (χ2v) is 8.33. The maximum Gasteiger partial charge on any atom is 0.478 e. The SMILES string of the molecule is FC(F)(F)C(N=[S@@](c1ccccc1)N1CCOCC1)([NH+]1CCOCC1)C(F)(F)F. The molecule has 1 aromatic carbocycles. The first-order valence-electron chi connectivity index (χ1n) is 9.08. The monoisotopic (exact) mass is 446 g/mol. The molecular formula is C17H22F6N3O2S+. The zero-order valence-electron chi connectivity index (χ0n) is 15.4. The maximum absolute atomic E-state index is 14.2. The third kappa shape index (κ3) is 4.61. The third-order valence-corrected chi connectivity index (χ3v) is 6.82. The fraction of sp³-hybridized carbons (Fsp3) is 0.647. The number of rotatable bonds is 4. The summed E-state index contributed by atoms with van der Waals surface area (Å²) in [6, 6.07) is 7.83. The lowest BCUT2D eigenvalue weighted by atomic mass is 10.1. The van der Waals surface area contributed by atoms with Crippen LogP contribution in [0.4, 0.5) is 26.3 Å². The van der Waals surface area contributed by atoms with E-state index in [9.17, 15) is 26.3 Å². The van der Waals surface area contributed by atoms with Gasteiger partial charge in [-0.1, -0.05) is 18.2 Å². The fourth-order valence-corrected chi connectivity index (χ4v) is 5.37. The first-order valence-corrected chi connectivity index (χ1v) is 10.2. The number of hydrogen-bond donors (Lipinski definition) is 1. The van der Waals surface area contributed by atoms with Crippen molar-refractivity contribution in [3.05, 3.63) is 30.3 Å². The van der Waals surface area contributed by atoms with Gasteiger partial charge in [-0.2, -0.15) is 30.7 Å². The summed E-state index contributed by atoms with van der Waals surface area (Å²) in [6.45, 7) is -0.389. The molecular weight excluding hydrogens is 424 g/mol. The number of alkyl halides is 6. The van der Waals surface area contributed by atoms with Gasteiger partial charge in [0, 0.05) is 28.9 Å². The summed E-state index contributed by atoms with van der Waals surface area (Å²) in [5.41, 5.74) is -4.24. The molecule has 0 aromatic heterocycles. The minimum Gasteiger partial charge on any atom is -0.379 e. The van der Waals surface area contributed by atoms with Crippen LogP contribution >= 0.6 is 0 Å². The topological polar surface area (TPSA) is 38.5 Å². The molecule has 2 saturated heterocycles. The normalized spacial score (nSPS) is 22.0. The Morgan fingerprint density at radius 2 is 1.34 bits per heavy atom. The van der Waals surface area contributed by atoms with Crippen molar-refractivity contribution in [1.82, 2.24) is 4.31 Å². The first kappa shape index (κ1) is 22.5. The standard InChI is InChI=1S/C17H21F6N3O2S/c18-16(19,20)15(17(21,22)23,25-6-10-27-11-7-25)24-29(14-4-2-1-3-5-14)26-8-12-28-13-9-26/h1-5H,6-13H2/p+1/t29-/m1/s1. The van der Waals surface area contributed by atoms with E-state index in [0.29, 0.717) is 4.90 Å². The Kier molecular flexibility index (Phi) is 6.88. The van der Waals surface area contributed by atoms with Crippen LogP contribution in [0.1, 0.15) is 0 Å². The lowest BCUT2D eigenvalue weighted by Gasteiger charge is -2.42. The molecule has 0 unspecified atom stereocenters. The van der Waals surface area contributed by atoms with Crippen molar-refractivity contribution in [2.75, 3.05) is 52.6 Å². The van der Waals surface area contributed by atoms with E-state index in [2.05, 4.69) is 4.36 Å². The minimum absolute atomic E-state index is 0.185. The zero-order valence-corrected chi connectivity index (χ0v) is 16.2. The van der Waals surface area contributed by atoms with Crippen LogP contribution in [0.3, 0.4) is 0 Å². The summed E-state index contributed by atoms with van der Waals surface area (Å²) in [5, 5.41) is 0. The van der Waals surface area contributed by atoms with Gasteiger partial charge in [-0.15, -0.1) is 0 Å². The van der Waals surface area contributed by atoms with Gasteiger partial charge in [0.25, 0.3) is 0 Å². The Balaban J connectivity index is 2.21. The minimum atomic E-state index is -5.62. The van der Waals surface area contributed by atoms with Gasteiger partial charge in [0.15, 0.2) is 0 Å². The molecule has 0 spiro atoms. The van der Waals surface area contributed by atoms with Crippen LogP contribution < -0.4 is 4.90 Å². The van der Waals surface area contributed by atoms with Crippen molar-refractivity contribution in [1.29, 1.82) is 0 Å². The van der Waals surface area contributed by atoms with E-state index in [1.54, 1.807) is 18.2 Å². The lowest BCUT2D eigenvalue weighted by molar-refractivity contribution is -0.985. The van der Waals surface area contributed by atoms with Crippen LogP contribution in [-0.2, 0) is 20.4 Å². The van der Waals surface area contributed by atoms with Crippen molar-refractivity contribution in [2.24, 2.45) is 4.36 Å². The molecule has 29 heavy (non-hydrogen) atoms. The molecule has 2 fully saturated rings. The van der Waals surface area contributed by atoms with E-state index in [1.165, 1.54) is 16.4 Å². The average Bonchev–Trinajstić information content (AvgIpc) is 2.69. The average molecular weight is 446 g/mol. The van der Waals surface area contributed by atoms with Crippen molar-refractivity contribution in [3.63, 3.8) is 0 Å². The van der Waals surface area contributed by atoms with Crippen LogP contribution in [0.15, 0.2) is 39.6 Å². The van der Waals surface area contributed by atoms with Gasteiger partial charge in [0.05, 0.1) is 26.4 Å². The van der Waals surface area contributed by atoms with Gasteiger partial charge < -0.3 is 9.47 Å². The zero-order chi connectivity index (χ0) is 21.1. The number of nitrogens with one attached hydrogen (secondary N) is 1. The highest BCUT2D eigenvalue weighted by molar-refractivity contribution is 7.85. The van der Waals surface area contributed by atoms with Gasteiger partial charge >= 0.3 is 18.0 Å². The molecule has 2 aliphatic heterocycles. The Morgan fingerprint density at radius 3 is 1.86 bits per heavy atom. The van der Waals surface area contributed by atoms with E-state index in [4.69, 9.17) is 9.47 Å². The number of nitrogens with zero attached hydrogens (tertiary/aromatic N) is 2. The number of halogens is 6. The molecule has 0 bridgehead atoms. The highest BCUT2D eigenvalue weighted by atomic mass is 32.2. The quantitative estimate of drug-likeness (QED) is 0.718. The molecule has 3 rings (SSSR count). The summed E-state index contributed by atoms with van der Waals surface area (Å²) < 4.78 is 100. The Morgan fingerprint density at radius 1 is 0.828 bits per heavy atom. The summed E-state index contributed by atoms with van der Waals surface area (Å²) in [4.78, 5) is -0.384. The number of benzene rings is 1. The van der Waals surface area contributed by atoms with Gasteiger partial charge in [0.2, 0.25) is 0 Å². The van der Waals surface area contributed by atoms with Crippen LogP contribution in [0.5, 0.6) is 0 Å². The molecule has 1 atom stereocenters. The van der Waals surface area contributed by atoms with Gasteiger partial charge in [-0.25, -0.2) is 4.31 Å². The van der Waals surface area contributed by atoms with E-state index in [1.807, 2.05) is 0 Å². The number of quaternary nitrogens is 1. The predicted octanol–water partition coefficient (Wildman–Crippen LogP) is 1.83. The molecule has 0 amide bonds. The molecule has 1 aromatic rings. The summed E-state index contributed by atoms with van der Waals surface area (Å²) in [6.07, 6.45) is -11.2. The number of hydrogen-bond acceptors (Lipinski definition) is 3. The van der Waals surface area contributed by atoms with Crippen molar-refractivity contribution >= 4 is 10.9 Å². The second-order valence-electron chi connectivity index (χ2n) is 6.63. The lowest BCUT2D eigenvalue weighted by Crippen LogP contribution is -3.25. The van der Waals surface area contributed by atoms with Crippen molar-refractivity contribution < 1.29 is 40.7 Å². The van der Waals surface area contributed by atoms with Gasteiger partial charge in [-0.05, 0) is 12.1 Å². The second kappa shape index (κ2) is 8.88. The van der Waals surface area contributed by atoms with Gasteiger partial charge in [0.1, 0.15) is 13.1 Å². The first-order chi connectivity index (χ1) is 13.7. The molecule has 5 nitrogen and oxygen atoms in total. The maximum atomic E-state index is 14.2. The van der Waals surface area contributed by atoms with E-state index in [0.717, 1.165) is 0 Å². The van der Waals surface area contributed by atoms with E-state index < -0.39 is 46.9 Å². The van der Waals surface area contributed by atoms with Crippen LogP contribution in [-0.4, -0.2) is 74.9 Å². The summed E-state index contributed by atoms with van der Waals surface area (Å²) in [7, 11) is -1.76. The van der Waals surface area contributed by atoms with Crippen LogP contribution in [0, 0.1) is 0 Å². The largest absolute Gasteiger partial charge is 0.478 e. The summed E-state index contributed by atoms with van der Waals surface area (Å²) >= 11 is 0.